The first-order valence-electron chi connectivity index (χ1n) is 8.65. The number of nitrogens with zero attached hydrogens (tertiary/aromatic N) is 3. The van der Waals surface area contributed by atoms with Gasteiger partial charge in [-0.25, -0.2) is 4.98 Å². The van der Waals surface area contributed by atoms with Crippen molar-refractivity contribution in [3.63, 3.8) is 0 Å². The van der Waals surface area contributed by atoms with Crippen molar-refractivity contribution in [1.29, 1.82) is 0 Å². The largest absolute Gasteiger partial charge is 0.360 e. The van der Waals surface area contributed by atoms with E-state index in [0.29, 0.717) is 5.92 Å². The molecule has 0 radical (unpaired) electrons. The number of amides is 1. The first-order valence-corrected chi connectivity index (χ1v) is 10.3. The lowest BCUT2D eigenvalue weighted by Crippen LogP contribution is -2.22. The molecule has 7 nitrogen and oxygen atoms in total. The highest BCUT2D eigenvalue weighted by Crippen LogP contribution is 2.29. The van der Waals surface area contributed by atoms with E-state index in [4.69, 9.17) is 0 Å². The van der Waals surface area contributed by atoms with E-state index >= 15 is 0 Å². The summed E-state index contributed by atoms with van der Waals surface area (Å²) >= 11 is 2.87. The molecule has 1 amide bonds. The predicted molar refractivity (Wildman–Crippen MR) is 111 cm³/mol. The third kappa shape index (κ3) is 5.54. The van der Waals surface area contributed by atoms with E-state index in [0.717, 1.165) is 33.0 Å². The maximum Gasteiger partial charge on any atom is 0.237 e. The Kier molecular flexibility index (Phi) is 6.46. The van der Waals surface area contributed by atoms with Crippen LogP contribution in [0.1, 0.15) is 20.8 Å². The maximum absolute atomic E-state index is 12.4. The van der Waals surface area contributed by atoms with Gasteiger partial charge in [0, 0.05) is 12.2 Å². The number of aromatic amines is 1. The van der Waals surface area contributed by atoms with E-state index in [2.05, 4.69) is 44.6 Å². The lowest BCUT2D eigenvalue weighted by atomic mass is 10.1. The van der Waals surface area contributed by atoms with Gasteiger partial charge >= 0.3 is 0 Å². The van der Waals surface area contributed by atoms with E-state index < -0.39 is 0 Å². The number of anilines is 2. The van der Waals surface area contributed by atoms with Gasteiger partial charge in [0.2, 0.25) is 11.0 Å². The third-order valence-electron chi connectivity index (χ3n) is 3.68. The maximum atomic E-state index is 12.4. The molecule has 0 fully saturated rings. The van der Waals surface area contributed by atoms with Crippen molar-refractivity contribution in [2.45, 2.75) is 30.4 Å². The van der Waals surface area contributed by atoms with Gasteiger partial charge in [-0.2, -0.15) is 0 Å². The molecule has 1 aromatic carbocycles. The van der Waals surface area contributed by atoms with Crippen molar-refractivity contribution in [2.24, 2.45) is 5.92 Å². The van der Waals surface area contributed by atoms with Gasteiger partial charge in [0.25, 0.3) is 0 Å². The number of aromatic nitrogens is 4. The highest BCUT2D eigenvalue weighted by atomic mass is 32.2. The smallest absolute Gasteiger partial charge is 0.237 e. The van der Waals surface area contributed by atoms with Crippen LogP contribution < -0.4 is 10.6 Å². The second-order valence-electron chi connectivity index (χ2n) is 6.44. The van der Waals surface area contributed by atoms with Crippen molar-refractivity contribution < 1.29 is 4.79 Å². The number of imidazole rings is 1. The van der Waals surface area contributed by atoms with Gasteiger partial charge in [0.15, 0.2) is 4.34 Å². The average molecular weight is 403 g/mol. The van der Waals surface area contributed by atoms with Crippen LogP contribution in [0.25, 0.3) is 11.3 Å². The van der Waals surface area contributed by atoms with Crippen molar-refractivity contribution in [3.05, 3.63) is 36.8 Å². The molecule has 0 bridgehead atoms. The van der Waals surface area contributed by atoms with Crippen LogP contribution >= 0.6 is 23.1 Å². The molecular formula is C18H22N6OS2. The van der Waals surface area contributed by atoms with E-state index in [1.807, 2.05) is 31.2 Å². The monoisotopic (exact) mass is 402 g/mol. The molecule has 3 N–H and O–H groups in total. The molecule has 27 heavy (non-hydrogen) atoms. The molecule has 142 valence electrons. The summed E-state index contributed by atoms with van der Waals surface area (Å²) in [5.74, 6) is 0.468. The molecule has 0 aliphatic carbocycles. The topological polar surface area (TPSA) is 95.6 Å². The van der Waals surface area contributed by atoms with Gasteiger partial charge in [-0.3, -0.25) is 4.79 Å². The lowest BCUT2D eigenvalue weighted by Gasteiger charge is -2.10. The molecule has 3 rings (SSSR count). The number of carbonyl (C=O) groups is 1. The van der Waals surface area contributed by atoms with Crippen molar-refractivity contribution in [3.8, 4) is 11.3 Å². The van der Waals surface area contributed by atoms with Gasteiger partial charge in [-0.05, 0) is 30.5 Å². The Morgan fingerprint density at radius 1 is 1.22 bits per heavy atom. The molecule has 2 aromatic heterocycles. The highest BCUT2D eigenvalue weighted by Gasteiger charge is 2.17. The van der Waals surface area contributed by atoms with Crippen LogP contribution in [-0.4, -0.2) is 37.9 Å². The first kappa shape index (κ1) is 19.4. The third-order valence-corrected chi connectivity index (χ3v) is 5.74. The summed E-state index contributed by atoms with van der Waals surface area (Å²) in [6, 6.07) is 7.64. The second-order valence-corrected chi connectivity index (χ2v) is 9.01. The normalized spacial score (nSPS) is 12.1. The molecule has 1 atom stereocenters. The van der Waals surface area contributed by atoms with Crippen LogP contribution in [0.5, 0.6) is 0 Å². The minimum Gasteiger partial charge on any atom is -0.360 e. The van der Waals surface area contributed by atoms with Crippen LogP contribution in [0.4, 0.5) is 10.8 Å². The number of nitrogens with one attached hydrogen (secondary N) is 3. The van der Waals surface area contributed by atoms with Crippen LogP contribution in [-0.2, 0) is 4.79 Å². The van der Waals surface area contributed by atoms with Gasteiger partial charge < -0.3 is 15.6 Å². The predicted octanol–water partition coefficient (Wildman–Crippen LogP) is 4.12. The number of carbonyl (C=O) groups excluding carboxylic acids is 1. The zero-order chi connectivity index (χ0) is 19.2. The highest BCUT2D eigenvalue weighted by molar-refractivity contribution is 8.02. The quantitative estimate of drug-likeness (QED) is 0.491. The Morgan fingerprint density at radius 3 is 2.67 bits per heavy atom. The van der Waals surface area contributed by atoms with Gasteiger partial charge in [0.05, 0.1) is 23.5 Å². The van der Waals surface area contributed by atoms with Crippen LogP contribution in [0.15, 0.2) is 41.1 Å². The fourth-order valence-corrected chi connectivity index (χ4v) is 4.12. The number of hydrogen-bond donors (Lipinski definition) is 3. The summed E-state index contributed by atoms with van der Waals surface area (Å²) in [5, 5.41) is 15.0. The van der Waals surface area contributed by atoms with Crippen molar-refractivity contribution >= 4 is 39.8 Å². The summed E-state index contributed by atoms with van der Waals surface area (Å²) in [6.45, 7) is 6.99. The number of benzene rings is 1. The number of hydrogen-bond acceptors (Lipinski definition) is 7. The second kappa shape index (κ2) is 9.01. The summed E-state index contributed by atoms with van der Waals surface area (Å²) in [6.07, 6.45) is 3.40. The van der Waals surface area contributed by atoms with Gasteiger partial charge in [-0.15, -0.1) is 10.2 Å². The molecule has 0 saturated carbocycles. The first-order chi connectivity index (χ1) is 13.0. The van der Waals surface area contributed by atoms with E-state index in [1.54, 1.807) is 12.5 Å². The molecule has 0 spiro atoms. The van der Waals surface area contributed by atoms with Gasteiger partial charge in [0.1, 0.15) is 0 Å². The van der Waals surface area contributed by atoms with Gasteiger partial charge in [-0.1, -0.05) is 49.1 Å². The SMILES string of the molecule is CC(C)CNc1nnc(SC(C)C(=O)Nc2ccc(-c3cnc[nH]3)cc2)s1. The van der Waals surface area contributed by atoms with Crippen LogP contribution in [0, 0.1) is 5.92 Å². The zero-order valence-corrected chi connectivity index (χ0v) is 17.0. The zero-order valence-electron chi connectivity index (χ0n) is 15.4. The molecular weight excluding hydrogens is 380 g/mol. The minimum absolute atomic E-state index is 0.0684. The summed E-state index contributed by atoms with van der Waals surface area (Å²) in [5.41, 5.74) is 2.71. The number of H-pyrrole nitrogens is 1. The van der Waals surface area contributed by atoms with E-state index in [-0.39, 0.29) is 11.2 Å². The molecule has 9 heteroatoms. The molecule has 3 aromatic rings. The van der Waals surface area contributed by atoms with Crippen LogP contribution in [0.3, 0.4) is 0 Å². The standard InChI is InChI=1S/C18H22N6OS2/c1-11(2)8-20-17-23-24-18(27-17)26-12(3)16(25)22-14-6-4-13(5-7-14)15-9-19-10-21-15/h4-7,9-12H,8H2,1-3H3,(H,19,21)(H,20,23)(H,22,25). The molecule has 1 unspecified atom stereocenters. The summed E-state index contributed by atoms with van der Waals surface area (Å²) in [7, 11) is 0. The molecule has 0 saturated heterocycles. The minimum atomic E-state index is -0.275. The van der Waals surface area contributed by atoms with Crippen molar-refractivity contribution in [2.75, 3.05) is 17.2 Å². The molecule has 0 aliphatic heterocycles. The Morgan fingerprint density at radius 2 is 2.00 bits per heavy atom. The molecule has 0 aliphatic rings. The van der Waals surface area contributed by atoms with Crippen molar-refractivity contribution in [1.82, 2.24) is 20.2 Å². The fraction of sp³-hybridized carbons (Fsp3) is 0.333. The van der Waals surface area contributed by atoms with Crippen LogP contribution in [0.2, 0.25) is 0 Å². The Balaban J connectivity index is 1.53. The Bertz CT molecular complexity index is 860. The Hall–Kier alpha value is -2.39. The average Bonchev–Trinajstić information content (AvgIpc) is 3.32. The number of thioether (sulfide) groups is 1. The summed E-state index contributed by atoms with van der Waals surface area (Å²) in [4.78, 5) is 19.5. The molecule has 2 heterocycles. The fourth-order valence-electron chi connectivity index (χ4n) is 2.22. The van der Waals surface area contributed by atoms with E-state index in [1.165, 1.54) is 23.1 Å². The number of rotatable bonds is 8. The lowest BCUT2D eigenvalue weighted by molar-refractivity contribution is -0.115. The van der Waals surface area contributed by atoms with E-state index in [9.17, 15) is 4.79 Å². The Labute approximate surface area is 166 Å². The summed E-state index contributed by atoms with van der Waals surface area (Å²) < 4.78 is 0.776.